The SMILES string of the molecule is Cc1cc(C(=O)NCCC(C)CCC(=O)O)no1. The van der Waals surface area contributed by atoms with Crippen molar-refractivity contribution >= 4 is 11.9 Å². The van der Waals surface area contributed by atoms with Crippen LogP contribution in [0.15, 0.2) is 10.6 Å². The average molecular weight is 254 g/mol. The van der Waals surface area contributed by atoms with Gasteiger partial charge in [-0.15, -0.1) is 0 Å². The molecule has 1 atom stereocenters. The van der Waals surface area contributed by atoms with Gasteiger partial charge in [0.05, 0.1) is 0 Å². The van der Waals surface area contributed by atoms with E-state index in [0.717, 1.165) is 6.42 Å². The van der Waals surface area contributed by atoms with Gasteiger partial charge in [-0.3, -0.25) is 9.59 Å². The van der Waals surface area contributed by atoms with E-state index in [-0.39, 0.29) is 23.9 Å². The monoisotopic (exact) mass is 254 g/mol. The number of hydrogen-bond donors (Lipinski definition) is 2. The third kappa shape index (κ3) is 4.99. The van der Waals surface area contributed by atoms with Crippen LogP contribution in [-0.4, -0.2) is 28.7 Å². The molecule has 0 fully saturated rings. The summed E-state index contributed by atoms with van der Waals surface area (Å²) in [6.07, 6.45) is 1.53. The molecule has 2 N–H and O–H groups in total. The highest BCUT2D eigenvalue weighted by atomic mass is 16.5. The van der Waals surface area contributed by atoms with Crippen molar-refractivity contribution in [3.8, 4) is 0 Å². The Balaban J connectivity index is 2.21. The number of carboxylic acids is 1. The van der Waals surface area contributed by atoms with E-state index in [1.165, 1.54) is 0 Å². The molecule has 1 aromatic heterocycles. The van der Waals surface area contributed by atoms with Crippen LogP contribution in [0, 0.1) is 12.8 Å². The van der Waals surface area contributed by atoms with Crippen molar-refractivity contribution in [3.05, 3.63) is 17.5 Å². The third-order valence-electron chi connectivity index (χ3n) is 2.63. The summed E-state index contributed by atoms with van der Waals surface area (Å²) in [6, 6.07) is 1.57. The van der Waals surface area contributed by atoms with Crippen LogP contribution < -0.4 is 5.32 Å². The van der Waals surface area contributed by atoms with Crippen LogP contribution >= 0.6 is 0 Å². The molecule has 1 heterocycles. The zero-order valence-electron chi connectivity index (χ0n) is 10.6. The van der Waals surface area contributed by atoms with Crippen LogP contribution in [0.5, 0.6) is 0 Å². The van der Waals surface area contributed by atoms with Crippen molar-refractivity contribution in [2.24, 2.45) is 5.92 Å². The maximum Gasteiger partial charge on any atom is 0.303 e. The first kappa shape index (κ1) is 14.2. The van der Waals surface area contributed by atoms with E-state index in [1.807, 2.05) is 6.92 Å². The van der Waals surface area contributed by atoms with Gasteiger partial charge in [-0.1, -0.05) is 12.1 Å². The molecule has 6 nitrogen and oxygen atoms in total. The standard InChI is InChI=1S/C12H18N2O4/c1-8(3-4-11(15)16)5-6-13-12(17)10-7-9(2)18-14-10/h7-8H,3-6H2,1-2H3,(H,13,17)(H,15,16). The Morgan fingerprint density at radius 3 is 2.78 bits per heavy atom. The van der Waals surface area contributed by atoms with E-state index in [9.17, 15) is 9.59 Å². The number of hydrogen-bond acceptors (Lipinski definition) is 4. The van der Waals surface area contributed by atoms with Crippen LogP contribution in [0.2, 0.25) is 0 Å². The van der Waals surface area contributed by atoms with Gasteiger partial charge in [-0.2, -0.15) is 0 Å². The topological polar surface area (TPSA) is 92.4 Å². The van der Waals surface area contributed by atoms with Crippen LogP contribution in [0.25, 0.3) is 0 Å². The Morgan fingerprint density at radius 2 is 2.22 bits per heavy atom. The van der Waals surface area contributed by atoms with E-state index in [4.69, 9.17) is 9.63 Å². The van der Waals surface area contributed by atoms with Crippen molar-refractivity contribution in [2.75, 3.05) is 6.54 Å². The minimum Gasteiger partial charge on any atom is -0.481 e. The molecule has 0 saturated heterocycles. The minimum atomic E-state index is -0.788. The number of rotatable bonds is 7. The first-order chi connectivity index (χ1) is 8.49. The summed E-state index contributed by atoms with van der Waals surface area (Å²) in [5, 5.41) is 14.9. The molecule has 0 radical (unpaired) electrons. The molecule has 0 aliphatic heterocycles. The first-order valence-corrected chi connectivity index (χ1v) is 5.92. The summed E-state index contributed by atoms with van der Waals surface area (Å²) >= 11 is 0. The maximum absolute atomic E-state index is 11.6. The highest BCUT2D eigenvalue weighted by Gasteiger charge is 2.11. The molecule has 1 rings (SSSR count). The molecular formula is C12H18N2O4. The lowest BCUT2D eigenvalue weighted by atomic mass is 10.0. The fourth-order valence-electron chi connectivity index (χ4n) is 1.51. The van der Waals surface area contributed by atoms with E-state index in [0.29, 0.717) is 18.7 Å². The molecule has 0 aromatic carbocycles. The largest absolute Gasteiger partial charge is 0.481 e. The molecular weight excluding hydrogens is 236 g/mol. The lowest BCUT2D eigenvalue weighted by Gasteiger charge is -2.09. The number of nitrogens with one attached hydrogen (secondary N) is 1. The van der Waals surface area contributed by atoms with Gasteiger partial charge in [0.25, 0.3) is 5.91 Å². The summed E-state index contributed by atoms with van der Waals surface area (Å²) < 4.78 is 4.80. The van der Waals surface area contributed by atoms with Gasteiger partial charge >= 0.3 is 5.97 Å². The normalized spacial score (nSPS) is 12.1. The summed E-state index contributed by atoms with van der Waals surface area (Å²) in [7, 11) is 0. The van der Waals surface area contributed by atoms with Crippen LogP contribution in [0.4, 0.5) is 0 Å². The number of carbonyl (C=O) groups is 2. The smallest absolute Gasteiger partial charge is 0.303 e. The fourth-order valence-corrected chi connectivity index (χ4v) is 1.51. The Hall–Kier alpha value is -1.85. The van der Waals surface area contributed by atoms with Gasteiger partial charge in [0.15, 0.2) is 5.69 Å². The van der Waals surface area contributed by atoms with Gasteiger partial charge in [0.1, 0.15) is 5.76 Å². The van der Waals surface area contributed by atoms with E-state index in [1.54, 1.807) is 13.0 Å². The number of aromatic nitrogens is 1. The van der Waals surface area contributed by atoms with Gasteiger partial charge < -0.3 is 14.9 Å². The second kappa shape index (κ2) is 6.78. The zero-order chi connectivity index (χ0) is 13.5. The van der Waals surface area contributed by atoms with Crippen LogP contribution in [-0.2, 0) is 4.79 Å². The van der Waals surface area contributed by atoms with E-state index >= 15 is 0 Å². The quantitative estimate of drug-likeness (QED) is 0.771. The number of carboxylic acid groups (broad SMARTS) is 1. The van der Waals surface area contributed by atoms with E-state index in [2.05, 4.69) is 10.5 Å². The molecule has 0 bridgehead atoms. The fraction of sp³-hybridized carbons (Fsp3) is 0.583. The molecule has 18 heavy (non-hydrogen) atoms. The molecule has 0 spiro atoms. The summed E-state index contributed by atoms with van der Waals surface area (Å²) in [5.41, 5.74) is 0.269. The molecule has 0 aliphatic carbocycles. The zero-order valence-corrected chi connectivity index (χ0v) is 10.6. The van der Waals surface area contributed by atoms with E-state index < -0.39 is 5.97 Å². The van der Waals surface area contributed by atoms with Crippen molar-refractivity contribution in [2.45, 2.75) is 33.1 Å². The predicted molar refractivity (Wildman–Crippen MR) is 64.2 cm³/mol. The number of amides is 1. The van der Waals surface area contributed by atoms with Crippen molar-refractivity contribution in [3.63, 3.8) is 0 Å². The predicted octanol–water partition coefficient (Wildman–Crippen LogP) is 1.60. The van der Waals surface area contributed by atoms with Crippen molar-refractivity contribution in [1.29, 1.82) is 0 Å². The first-order valence-electron chi connectivity index (χ1n) is 5.92. The highest BCUT2D eigenvalue weighted by molar-refractivity contribution is 5.92. The van der Waals surface area contributed by atoms with Gasteiger partial charge in [-0.25, -0.2) is 0 Å². The average Bonchev–Trinajstić information content (AvgIpc) is 2.73. The third-order valence-corrected chi connectivity index (χ3v) is 2.63. The molecule has 0 saturated carbocycles. The lowest BCUT2D eigenvalue weighted by molar-refractivity contribution is -0.137. The molecule has 1 amide bonds. The van der Waals surface area contributed by atoms with Crippen molar-refractivity contribution < 1.29 is 19.2 Å². The van der Waals surface area contributed by atoms with Crippen molar-refractivity contribution in [1.82, 2.24) is 10.5 Å². The lowest BCUT2D eigenvalue weighted by Crippen LogP contribution is -2.26. The second-order valence-electron chi connectivity index (χ2n) is 4.40. The molecule has 1 aromatic rings. The summed E-state index contributed by atoms with van der Waals surface area (Å²) in [6.45, 7) is 4.19. The molecule has 6 heteroatoms. The highest BCUT2D eigenvalue weighted by Crippen LogP contribution is 2.09. The Kier molecular flexibility index (Phi) is 5.35. The number of aliphatic carboxylic acids is 1. The molecule has 100 valence electrons. The Bertz CT molecular complexity index is 414. The maximum atomic E-state index is 11.6. The van der Waals surface area contributed by atoms with Crippen LogP contribution in [0.3, 0.4) is 0 Å². The van der Waals surface area contributed by atoms with Crippen LogP contribution in [0.1, 0.15) is 42.4 Å². The molecule has 0 aliphatic rings. The second-order valence-corrected chi connectivity index (χ2v) is 4.40. The number of nitrogens with zero attached hydrogens (tertiary/aromatic N) is 1. The minimum absolute atomic E-state index is 0.164. The van der Waals surface area contributed by atoms with Gasteiger partial charge in [0, 0.05) is 19.0 Å². The Morgan fingerprint density at radius 1 is 1.50 bits per heavy atom. The number of aryl methyl sites for hydroxylation is 1. The van der Waals surface area contributed by atoms with Gasteiger partial charge in [0.2, 0.25) is 0 Å². The summed E-state index contributed by atoms with van der Waals surface area (Å²) in [5.74, 6) is -0.198. The summed E-state index contributed by atoms with van der Waals surface area (Å²) in [4.78, 5) is 22.0. The molecule has 1 unspecified atom stereocenters. The van der Waals surface area contributed by atoms with Gasteiger partial charge in [-0.05, 0) is 25.7 Å². The Labute approximate surface area is 105 Å². The number of carbonyl (C=O) groups excluding carboxylic acids is 1.